The number of benzene rings is 1. The van der Waals surface area contributed by atoms with Crippen molar-refractivity contribution in [3.05, 3.63) is 29.8 Å². The maximum atomic E-state index is 13.4. The molecule has 2 aliphatic rings. The molecular formula is C30H48N4O8. The zero-order valence-corrected chi connectivity index (χ0v) is 25.5. The summed E-state index contributed by atoms with van der Waals surface area (Å²) in [7, 11) is 0. The molecule has 12 nitrogen and oxygen atoms in total. The Bertz CT molecular complexity index is 1010. The van der Waals surface area contributed by atoms with Gasteiger partial charge < -0.3 is 40.6 Å². The Morgan fingerprint density at radius 3 is 2.43 bits per heavy atom. The number of hydrogen-bond donors (Lipinski definition) is 5. The number of carbonyl (C=O) groups excluding carboxylic acids is 3. The summed E-state index contributed by atoms with van der Waals surface area (Å²) in [5.41, 5.74) is 0.193. The molecule has 2 bridgehead atoms. The number of unbranched alkanes of at least 4 members (excludes halogenated alkanes) is 1. The number of aliphatic carboxylic acids is 1. The van der Waals surface area contributed by atoms with Crippen LogP contribution in [0.1, 0.15) is 72.3 Å². The summed E-state index contributed by atoms with van der Waals surface area (Å²) in [6.45, 7) is 11.0. The number of alkyl carbamates (subject to hydrolysis) is 1. The van der Waals surface area contributed by atoms with Gasteiger partial charge in [0, 0.05) is 19.6 Å². The summed E-state index contributed by atoms with van der Waals surface area (Å²) in [6, 6.07) is 4.17. The zero-order chi connectivity index (χ0) is 31.1. The predicted molar refractivity (Wildman–Crippen MR) is 157 cm³/mol. The standard InChI is InChI=1S/C30H48N4O8/c1-20(2)25-19-40-16-8-9-17-41-22-13-11-21(12-14-22)18-24(26(35)32-25)34-28(38)33-23(27(36)37)10-6-7-15-31-29(39)42-30(3,4)5/h11-14,20,23-25H,6-10,15-19H2,1-5H3,(H,31,39)(H,32,35)(H,36,37)(H2,33,34,38)/t23-,24+,25+/m0/s1. The highest BCUT2D eigenvalue weighted by molar-refractivity contribution is 5.89. The Morgan fingerprint density at radius 1 is 1.10 bits per heavy atom. The number of carboxylic acid groups (broad SMARTS) is 1. The van der Waals surface area contributed by atoms with Crippen molar-refractivity contribution < 1.29 is 38.5 Å². The van der Waals surface area contributed by atoms with Crippen molar-refractivity contribution in [2.75, 3.05) is 26.4 Å². The minimum atomic E-state index is -1.19. The van der Waals surface area contributed by atoms with Crippen LogP contribution in [0.15, 0.2) is 24.3 Å². The molecule has 4 amide bonds. The molecule has 2 heterocycles. The summed E-state index contributed by atoms with van der Waals surface area (Å²) in [5.74, 6) is -0.782. The average molecular weight is 593 g/mol. The van der Waals surface area contributed by atoms with Crippen molar-refractivity contribution in [1.29, 1.82) is 0 Å². The highest BCUT2D eigenvalue weighted by Crippen LogP contribution is 2.15. The first kappa shape index (κ1) is 34.7. The second-order valence-corrected chi connectivity index (χ2v) is 11.8. The monoisotopic (exact) mass is 592 g/mol. The Balaban J connectivity index is 2.02. The van der Waals surface area contributed by atoms with Crippen LogP contribution >= 0.6 is 0 Å². The van der Waals surface area contributed by atoms with Gasteiger partial charge in [-0.15, -0.1) is 0 Å². The SMILES string of the molecule is CC(C)[C@H]1COCCCCOc2ccc(cc2)C[C@@H](NC(=O)N[C@@H](CCCCNC(=O)OC(C)(C)C)C(=O)O)C(=O)N1. The van der Waals surface area contributed by atoms with Crippen molar-refractivity contribution in [1.82, 2.24) is 21.3 Å². The van der Waals surface area contributed by atoms with E-state index in [0.717, 1.165) is 18.4 Å². The van der Waals surface area contributed by atoms with E-state index in [1.54, 1.807) is 20.8 Å². The lowest BCUT2D eigenvalue weighted by Gasteiger charge is -2.26. The van der Waals surface area contributed by atoms with Crippen LogP contribution in [-0.4, -0.2) is 79.2 Å². The Labute approximate surface area is 248 Å². The molecule has 0 unspecified atom stereocenters. The second-order valence-electron chi connectivity index (χ2n) is 11.8. The van der Waals surface area contributed by atoms with Gasteiger partial charge in [-0.05, 0) is 76.5 Å². The molecule has 1 aromatic carbocycles. The maximum Gasteiger partial charge on any atom is 0.407 e. The van der Waals surface area contributed by atoms with Crippen LogP contribution in [0.4, 0.5) is 9.59 Å². The molecule has 0 aliphatic carbocycles. The first-order chi connectivity index (χ1) is 19.8. The lowest BCUT2D eigenvalue weighted by atomic mass is 10.0. The van der Waals surface area contributed by atoms with Gasteiger partial charge in [0.2, 0.25) is 5.91 Å². The van der Waals surface area contributed by atoms with Gasteiger partial charge in [-0.25, -0.2) is 14.4 Å². The van der Waals surface area contributed by atoms with E-state index in [2.05, 4.69) is 21.3 Å². The van der Waals surface area contributed by atoms with Gasteiger partial charge in [0.1, 0.15) is 23.4 Å². The highest BCUT2D eigenvalue weighted by Gasteiger charge is 2.27. The van der Waals surface area contributed by atoms with Gasteiger partial charge in [-0.1, -0.05) is 26.0 Å². The summed E-state index contributed by atoms with van der Waals surface area (Å²) >= 11 is 0. The summed E-state index contributed by atoms with van der Waals surface area (Å²) in [4.78, 5) is 49.9. The normalized spacial score (nSPS) is 19.2. The minimum absolute atomic E-state index is 0.0890. The van der Waals surface area contributed by atoms with Gasteiger partial charge in [-0.3, -0.25) is 4.79 Å². The number of ether oxygens (including phenoxy) is 3. The van der Waals surface area contributed by atoms with Gasteiger partial charge >= 0.3 is 18.1 Å². The van der Waals surface area contributed by atoms with Gasteiger partial charge in [0.25, 0.3) is 0 Å². The van der Waals surface area contributed by atoms with Gasteiger partial charge in [0.15, 0.2) is 0 Å². The lowest BCUT2D eigenvalue weighted by molar-refractivity contribution is -0.139. The van der Waals surface area contributed by atoms with E-state index >= 15 is 0 Å². The zero-order valence-electron chi connectivity index (χ0n) is 25.5. The third-order valence-corrected chi connectivity index (χ3v) is 6.56. The van der Waals surface area contributed by atoms with E-state index in [1.807, 2.05) is 38.1 Å². The average Bonchev–Trinajstić information content (AvgIpc) is 2.89. The number of amides is 4. The largest absolute Gasteiger partial charge is 0.494 e. The van der Waals surface area contributed by atoms with E-state index in [9.17, 15) is 24.3 Å². The van der Waals surface area contributed by atoms with E-state index in [1.165, 1.54) is 0 Å². The van der Waals surface area contributed by atoms with Crippen molar-refractivity contribution in [2.24, 2.45) is 5.92 Å². The van der Waals surface area contributed by atoms with Crippen LogP contribution in [0.25, 0.3) is 0 Å². The molecule has 0 spiro atoms. The number of carbonyl (C=O) groups is 4. The van der Waals surface area contributed by atoms with E-state index in [0.29, 0.717) is 45.0 Å². The maximum absolute atomic E-state index is 13.4. The van der Waals surface area contributed by atoms with Crippen molar-refractivity contribution >= 4 is 24.0 Å². The van der Waals surface area contributed by atoms with Gasteiger partial charge in [-0.2, -0.15) is 0 Å². The summed E-state index contributed by atoms with van der Waals surface area (Å²) < 4.78 is 16.8. The Hall–Kier alpha value is -3.54. The van der Waals surface area contributed by atoms with Gasteiger partial charge in [0.05, 0.1) is 19.3 Å². The fraction of sp³-hybridized carbons (Fsp3) is 0.667. The quantitative estimate of drug-likeness (QED) is 0.272. The molecule has 3 atom stereocenters. The third kappa shape index (κ3) is 13.9. The fourth-order valence-corrected chi connectivity index (χ4v) is 4.15. The van der Waals surface area contributed by atoms with Crippen LogP contribution in [0.3, 0.4) is 0 Å². The van der Waals surface area contributed by atoms with E-state index in [4.69, 9.17) is 14.2 Å². The summed E-state index contributed by atoms with van der Waals surface area (Å²) in [6.07, 6.45) is 2.39. The minimum Gasteiger partial charge on any atom is -0.494 e. The van der Waals surface area contributed by atoms with E-state index < -0.39 is 35.8 Å². The van der Waals surface area contributed by atoms with Crippen molar-refractivity contribution in [2.45, 2.75) is 96.9 Å². The van der Waals surface area contributed by atoms with Crippen molar-refractivity contribution in [3.63, 3.8) is 0 Å². The first-order valence-electron chi connectivity index (χ1n) is 14.7. The molecule has 2 aliphatic heterocycles. The Morgan fingerprint density at radius 2 is 1.79 bits per heavy atom. The molecule has 0 radical (unpaired) electrons. The third-order valence-electron chi connectivity index (χ3n) is 6.56. The number of fused-ring (bicyclic) bond motifs is 13. The molecule has 3 rings (SSSR count). The smallest absolute Gasteiger partial charge is 0.407 e. The number of rotatable bonds is 9. The molecule has 0 saturated carbocycles. The molecule has 1 aromatic rings. The van der Waals surface area contributed by atoms with Crippen LogP contribution < -0.4 is 26.0 Å². The number of hydrogen-bond acceptors (Lipinski definition) is 7. The van der Waals surface area contributed by atoms with Crippen LogP contribution in [0.5, 0.6) is 5.75 Å². The first-order valence-corrected chi connectivity index (χ1v) is 14.7. The molecule has 0 aromatic heterocycles. The molecule has 12 heteroatoms. The molecule has 0 fully saturated rings. The van der Waals surface area contributed by atoms with Crippen LogP contribution in [0, 0.1) is 5.92 Å². The molecule has 236 valence electrons. The van der Waals surface area contributed by atoms with Crippen LogP contribution in [-0.2, 0) is 25.5 Å². The summed E-state index contributed by atoms with van der Waals surface area (Å²) in [5, 5.41) is 20.4. The predicted octanol–water partition coefficient (Wildman–Crippen LogP) is 3.38. The van der Waals surface area contributed by atoms with E-state index in [-0.39, 0.29) is 30.7 Å². The molecule has 0 saturated heterocycles. The number of urea groups is 1. The Kier molecular flexibility index (Phi) is 14.4. The molecule has 42 heavy (non-hydrogen) atoms. The van der Waals surface area contributed by atoms with Crippen molar-refractivity contribution in [3.8, 4) is 5.75 Å². The number of carboxylic acids is 1. The lowest BCUT2D eigenvalue weighted by Crippen LogP contribution is -2.56. The number of nitrogens with one attached hydrogen (secondary N) is 4. The second kappa shape index (κ2) is 17.4. The van der Waals surface area contributed by atoms with Crippen LogP contribution in [0.2, 0.25) is 0 Å². The molecule has 5 N–H and O–H groups in total. The molecular weight excluding hydrogens is 544 g/mol. The fourth-order valence-electron chi connectivity index (χ4n) is 4.15. The topological polar surface area (TPSA) is 164 Å². The highest BCUT2D eigenvalue weighted by atomic mass is 16.6.